The molecule has 0 aromatic heterocycles. The first-order valence-electron chi connectivity index (χ1n) is 12.9. The Bertz CT molecular complexity index is 1290. The molecule has 0 heterocycles. The summed E-state index contributed by atoms with van der Waals surface area (Å²) in [6.07, 6.45) is -8.35. The maximum Gasteiger partial charge on any atom is 0.416 e. The summed E-state index contributed by atoms with van der Waals surface area (Å²) in [6, 6.07) is 14.9. The molecule has 0 N–H and O–H groups in total. The van der Waals surface area contributed by atoms with E-state index in [-0.39, 0.29) is 30.4 Å². The normalized spacial score (nSPS) is 13.1. The van der Waals surface area contributed by atoms with E-state index in [4.69, 9.17) is 14.2 Å². The molecule has 0 fully saturated rings. The fourth-order valence-electron chi connectivity index (χ4n) is 4.01. The van der Waals surface area contributed by atoms with Crippen LogP contribution < -0.4 is 4.74 Å². The van der Waals surface area contributed by atoms with E-state index in [1.165, 1.54) is 12.1 Å². The summed E-state index contributed by atoms with van der Waals surface area (Å²) in [5.74, 6) is 0.187. The SMILES string of the molecule is CCOC(=O)[C@H](Cc1ccc(OCC=C(C)c2ccc(-c3cc(C(F)(F)F)cc(C(F)(F)F)c3)cc2)cc1)OCC. The van der Waals surface area contributed by atoms with Crippen molar-refractivity contribution < 1.29 is 45.3 Å². The molecule has 1 atom stereocenters. The highest BCUT2D eigenvalue weighted by Crippen LogP contribution is 2.38. The summed E-state index contributed by atoms with van der Waals surface area (Å²) in [5.41, 5.74) is -0.259. The minimum atomic E-state index is -4.91. The van der Waals surface area contributed by atoms with E-state index in [0.717, 1.165) is 16.7 Å². The van der Waals surface area contributed by atoms with Crippen LogP contribution in [0.15, 0.2) is 72.8 Å². The van der Waals surface area contributed by atoms with E-state index in [2.05, 4.69) is 0 Å². The van der Waals surface area contributed by atoms with Gasteiger partial charge >= 0.3 is 18.3 Å². The van der Waals surface area contributed by atoms with E-state index in [0.29, 0.717) is 30.9 Å². The number of ether oxygens (including phenoxy) is 3. The van der Waals surface area contributed by atoms with Gasteiger partial charge in [-0.05, 0) is 85.0 Å². The third-order valence-electron chi connectivity index (χ3n) is 6.16. The first-order valence-corrected chi connectivity index (χ1v) is 12.9. The Morgan fingerprint density at radius 1 is 0.805 bits per heavy atom. The van der Waals surface area contributed by atoms with Gasteiger partial charge < -0.3 is 14.2 Å². The number of benzene rings is 3. The van der Waals surface area contributed by atoms with Crippen molar-refractivity contribution in [1.82, 2.24) is 0 Å². The van der Waals surface area contributed by atoms with Gasteiger partial charge in [0.25, 0.3) is 0 Å². The first-order chi connectivity index (χ1) is 19.3. The number of hydrogen-bond donors (Lipinski definition) is 0. The molecule has 0 aliphatic rings. The quantitative estimate of drug-likeness (QED) is 0.169. The van der Waals surface area contributed by atoms with E-state index in [9.17, 15) is 31.1 Å². The van der Waals surface area contributed by atoms with Crippen molar-refractivity contribution in [2.24, 2.45) is 0 Å². The van der Waals surface area contributed by atoms with Crippen LogP contribution in [0, 0.1) is 0 Å². The van der Waals surface area contributed by atoms with Gasteiger partial charge in [-0.1, -0.05) is 36.4 Å². The number of alkyl halides is 6. The summed E-state index contributed by atoms with van der Waals surface area (Å²) in [6.45, 7) is 6.22. The lowest BCUT2D eigenvalue weighted by molar-refractivity contribution is -0.156. The maximum atomic E-state index is 13.2. The number of hydrogen-bond acceptors (Lipinski definition) is 4. The van der Waals surface area contributed by atoms with Gasteiger partial charge in [0.2, 0.25) is 0 Å². The smallest absolute Gasteiger partial charge is 0.416 e. The molecule has 0 saturated carbocycles. The fourth-order valence-corrected chi connectivity index (χ4v) is 4.01. The van der Waals surface area contributed by atoms with Crippen LogP contribution in [0.25, 0.3) is 16.7 Å². The average molecular weight is 581 g/mol. The third-order valence-corrected chi connectivity index (χ3v) is 6.16. The van der Waals surface area contributed by atoms with E-state index < -0.39 is 35.6 Å². The van der Waals surface area contributed by atoms with E-state index in [1.54, 1.807) is 44.2 Å². The highest BCUT2D eigenvalue weighted by molar-refractivity contribution is 5.75. The molecule has 10 heteroatoms. The molecule has 3 rings (SSSR count). The molecule has 3 aromatic rings. The number of rotatable bonds is 11. The Hall–Kier alpha value is -3.79. The van der Waals surface area contributed by atoms with Crippen LogP contribution in [-0.2, 0) is 33.0 Å². The predicted molar refractivity (Wildman–Crippen MR) is 143 cm³/mol. The molecule has 0 amide bonds. The first kappa shape index (κ1) is 31.7. The molecule has 4 nitrogen and oxygen atoms in total. The highest BCUT2D eigenvalue weighted by Gasteiger charge is 2.37. The molecule has 0 bridgehead atoms. The monoisotopic (exact) mass is 580 g/mol. The minimum Gasteiger partial charge on any atom is -0.490 e. The van der Waals surface area contributed by atoms with Crippen LogP contribution in [0.4, 0.5) is 26.3 Å². The number of halogens is 6. The van der Waals surface area contributed by atoms with Gasteiger partial charge in [0, 0.05) is 13.0 Å². The topological polar surface area (TPSA) is 44.8 Å². The zero-order valence-corrected chi connectivity index (χ0v) is 22.7. The lowest BCUT2D eigenvalue weighted by Gasteiger charge is -2.15. The van der Waals surface area contributed by atoms with Crippen molar-refractivity contribution in [1.29, 1.82) is 0 Å². The minimum absolute atomic E-state index is 0.111. The number of esters is 1. The van der Waals surface area contributed by atoms with Gasteiger partial charge in [-0.15, -0.1) is 0 Å². The molecule has 0 radical (unpaired) electrons. The summed E-state index contributed by atoms with van der Waals surface area (Å²) in [4.78, 5) is 12.1. The van der Waals surface area contributed by atoms with Gasteiger partial charge in [0.1, 0.15) is 12.4 Å². The Balaban J connectivity index is 1.65. The molecular weight excluding hydrogens is 550 g/mol. The molecule has 41 heavy (non-hydrogen) atoms. The molecule has 3 aromatic carbocycles. The lowest BCUT2D eigenvalue weighted by atomic mass is 9.97. The number of carbonyl (C=O) groups excluding carboxylic acids is 1. The summed E-state index contributed by atoms with van der Waals surface area (Å²) in [7, 11) is 0. The highest BCUT2D eigenvalue weighted by atomic mass is 19.4. The van der Waals surface area contributed by atoms with Crippen LogP contribution in [-0.4, -0.2) is 31.9 Å². The zero-order chi connectivity index (χ0) is 30.2. The molecular formula is C31H30F6O4. The Labute approximate surface area is 234 Å². The fraction of sp³-hybridized carbons (Fsp3) is 0.323. The van der Waals surface area contributed by atoms with Crippen molar-refractivity contribution in [2.45, 2.75) is 45.6 Å². The third kappa shape index (κ3) is 9.11. The molecule has 0 unspecified atom stereocenters. The molecule has 0 aliphatic heterocycles. The van der Waals surface area contributed by atoms with Gasteiger partial charge in [-0.3, -0.25) is 0 Å². The van der Waals surface area contributed by atoms with Crippen molar-refractivity contribution in [3.05, 3.63) is 95.1 Å². The van der Waals surface area contributed by atoms with Gasteiger partial charge in [-0.2, -0.15) is 26.3 Å². The standard InChI is InChI=1S/C31H30F6O4/c1-4-39-28(29(38)40-5-2)16-21-6-12-27(13-7-21)41-15-14-20(3)22-8-10-23(11-9-22)24-17-25(30(32,33)34)19-26(18-24)31(35,36)37/h6-14,17-19,28H,4-5,15-16H2,1-3H3/t28-/m0/s1. The largest absolute Gasteiger partial charge is 0.490 e. The van der Waals surface area contributed by atoms with Crippen molar-refractivity contribution in [3.63, 3.8) is 0 Å². The van der Waals surface area contributed by atoms with Gasteiger partial charge in [0.15, 0.2) is 6.10 Å². The predicted octanol–water partition coefficient (Wildman–Crippen LogP) is 8.38. The second-order valence-electron chi connectivity index (χ2n) is 9.11. The number of carbonyl (C=O) groups is 1. The second-order valence-corrected chi connectivity index (χ2v) is 9.11. The average Bonchev–Trinajstić information content (AvgIpc) is 2.92. The lowest BCUT2D eigenvalue weighted by Crippen LogP contribution is -2.28. The summed E-state index contributed by atoms with van der Waals surface area (Å²) >= 11 is 0. The van der Waals surface area contributed by atoms with Crippen LogP contribution in [0.2, 0.25) is 0 Å². The molecule has 0 saturated heterocycles. The number of allylic oxidation sites excluding steroid dienone is 1. The zero-order valence-electron chi connectivity index (χ0n) is 22.7. The van der Waals surface area contributed by atoms with Crippen LogP contribution in [0.5, 0.6) is 5.75 Å². The molecule has 0 aliphatic carbocycles. The van der Waals surface area contributed by atoms with Crippen LogP contribution in [0.3, 0.4) is 0 Å². The summed E-state index contributed by atoms with van der Waals surface area (Å²) in [5, 5.41) is 0. The van der Waals surface area contributed by atoms with E-state index >= 15 is 0 Å². The molecule has 220 valence electrons. The Morgan fingerprint density at radius 3 is 1.90 bits per heavy atom. The van der Waals surface area contributed by atoms with E-state index in [1.807, 2.05) is 19.1 Å². The van der Waals surface area contributed by atoms with Crippen molar-refractivity contribution >= 4 is 11.5 Å². The van der Waals surface area contributed by atoms with Crippen molar-refractivity contribution in [2.75, 3.05) is 19.8 Å². The van der Waals surface area contributed by atoms with Crippen LogP contribution >= 0.6 is 0 Å². The Kier molecular flexibility index (Phi) is 10.6. The van der Waals surface area contributed by atoms with Gasteiger partial charge in [-0.25, -0.2) is 4.79 Å². The van der Waals surface area contributed by atoms with Gasteiger partial charge in [0.05, 0.1) is 17.7 Å². The maximum absolute atomic E-state index is 13.2. The molecule has 0 spiro atoms. The summed E-state index contributed by atoms with van der Waals surface area (Å²) < 4.78 is 95.5. The second kappa shape index (κ2) is 13.7. The van der Waals surface area contributed by atoms with Crippen molar-refractivity contribution in [3.8, 4) is 16.9 Å². The Morgan fingerprint density at radius 2 is 1.39 bits per heavy atom. The van der Waals surface area contributed by atoms with Crippen LogP contribution in [0.1, 0.15) is 43.0 Å².